The van der Waals surface area contributed by atoms with Crippen LogP contribution in [-0.4, -0.2) is 62.8 Å². The first-order valence-electron chi connectivity index (χ1n) is 14.3. The first kappa shape index (κ1) is 29.1. The van der Waals surface area contributed by atoms with Gasteiger partial charge in [0, 0.05) is 55.7 Å². The molecule has 2 amide bonds. The average molecular weight is 540 g/mol. The van der Waals surface area contributed by atoms with Crippen molar-refractivity contribution in [3.8, 4) is 0 Å². The molecule has 3 heterocycles. The fourth-order valence-corrected chi connectivity index (χ4v) is 6.04. The number of hydrogen-bond acceptors (Lipinski definition) is 5. The van der Waals surface area contributed by atoms with Crippen LogP contribution in [0, 0.1) is 5.41 Å². The van der Waals surface area contributed by atoms with Gasteiger partial charge in [0.2, 0.25) is 5.91 Å². The summed E-state index contributed by atoms with van der Waals surface area (Å²) in [6.07, 6.45) is 5.09. The molecule has 2 aromatic heterocycles. The van der Waals surface area contributed by atoms with Crippen LogP contribution < -0.4 is 0 Å². The molecule has 0 aromatic carbocycles. The normalized spacial score (nSPS) is 19.9. The molecule has 4 rings (SSSR count). The highest BCUT2D eigenvalue weighted by atomic mass is 16.4. The topological polar surface area (TPSA) is 104 Å². The Hall–Kier alpha value is -2.90. The third-order valence-corrected chi connectivity index (χ3v) is 8.56. The summed E-state index contributed by atoms with van der Waals surface area (Å²) in [5.74, 6) is -0.477. The van der Waals surface area contributed by atoms with E-state index in [1.165, 1.54) is 12.8 Å². The smallest absolute Gasteiger partial charge is 0.303 e. The predicted octanol–water partition coefficient (Wildman–Crippen LogP) is 6.13. The van der Waals surface area contributed by atoms with Crippen molar-refractivity contribution in [2.24, 2.45) is 5.41 Å². The standard InChI is InChI=1S/C31H45N3O5/c1-29(2,3)21-17-22(20-11-13-30(4,5)14-12-20)32-23-18-24(39-27(21)23)28(38)34-16-15-33(19-31(34,6)7)25(35)9-8-10-26(36)37/h17-18,20H,8-16,19H2,1-7H3,(H,36,37). The number of carboxylic acid groups (broad SMARTS) is 1. The van der Waals surface area contributed by atoms with Gasteiger partial charge in [-0.15, -0.1) is 0 Å². The summed E-state index contributed by atoms with van der Waals surface area (Å²) >= 11 is 0. The third-order valence-electron chi connectivity index (χ3n) is 8.56. The molecule has 0 unspecified atom stereocenters. The lowest BCUT2D eigenvalue weighted by molar-refractivity contribution is -0.138. The Bertz CT molecular complexity index is 1240. The molecule has 0 radical (unpaired) electrons. The van der Waals surface area contributed by atoms with Crippen molar-refractivity contribution in [2.45, 2.75) is 110 Å². The van der Waals surface area contributed by atoms with E-state index < -0.39 is 11.5 Å². The van der Waals surface area contributed by atoms with Gasteiger partial charge in [-0.25, -0.2) is 4.98 Å². The first-order valence-corrected chi connectivity index (χ1v) is 14.3. The van der Waals surface area contributed by atoms with Crippen LogP contribution in [-0.2, 0) is 15.0 Å². The molecule has 214 valence electrons. The minimum Gasteiger partial charge on any atom is -0.481 e. The molecular formula is C31H45N3O5. The summed E-state index contributed by atoms with van der Waals surface area (Å²) in [7, 11) is 0. The van der Waals surface area contributed by atoms with Crippen molar-refractivity contribution in [1.29, 1.82) is 0 Å². The van der Waals surface area contributed by atoms with Crippen LogP contribution in [0.1, 0.15) is 121 Å². The van der Waals surface area contributed by atoms with E-state index in [0.29, 0.717) is 43.0 Å². The molecule has 0 atom stereocenters. The minimum absolute atomic E-state index is 0.0231. The van der Waals surface area contributed by atoms with Gasteiger partial charge < -0.3 is 19.3 Å². The van der Waals surface area contributed by atoms with Crippen LogP contribution in [0.25, 0.3) is 11.1 Å². The lowest BCUT2D eigenvalue weighted by atomic mass is 9.72. The van der Waals surface area contributed by atoms with Gasteiger partial charge in [-0.2, -0.15) is 0 Å². The van der Waals surface area contributed by atoms with E-state index in [2.05, 4.69) is 40.7 Å². The lowest BCUT2D eigenvalue weighted by Crippen LogP contribution is -2.62. The second-order valence-corrected chi connectivity index (χ2v) is 13.9. The molecule has 1 saturated carbocycles. The molecule has 1 saturated heterocycles. The van der Waals surface area contributed by atoms with E-state index >= 15 is 0 Å². The molecule has 0 bridgehead atoms. The Morgan fingerprint density at radius 1 is 1.05 bits per heavy atom. The summed E-state index contributed by atoms with van der Waals surface area (Å²) in [6.45, 7) is 16.2. The summed E-state index contributed by atoms with van der Waals surface area (Å²) in [4.78, 5) is 45.8. The van der Waals surface area contributed by atoms with Gasteiger partial charge >= 0.3 is 5.97 Å². The predicted molar refractivity (Wildman–Crippen MR) is 151 cm³/mol. The second-order valence-electron chi connectivity index (χ2n) is 13.9. The van der Waals surface area contributed by atoms with Crippen LogP contribution in [0.15, 0.2) is 16.5 Å². The molecule has 39 heavy (non-hydrogen) atoms. The number of carbonyl (C=O) groups is 3. The van der Waals surface area contributed by atoms with Gasteiger partial charge in [-0.3, -0.25) is 14.4 Å². The van der Waals surface area contributed by atoms with E-state index in [1.807, 2.05) is 13.8 Å². The third kappa shape index (κ3) is 6.47. The molecule has 1 N–H and O–H groups in total. The van der Waals surface area contributed by atoms with Crippen molar-refractivity contribution in [2.75, 3.05) is 19.6 Å². The second kappa shape index (κ2) is 10.6. The van der Waals surface area contributed by atoms with E-state index in [9.17, 15) is 14.4 Å². The van der Waals surface area contributed by atoms with Gasteiger partial charge in [0.25, 0.3) is 5.91 Å². The highest BCUT2D eigenvalue weighted by Crippen LogP contribution is 2.43. The monoisotopic (exact) mass is 539 g/mol. The van der Waals surface area contributed by atoms with E-state index in [1.54, 1.807) is 15.9 Å². The number of aromatic nitrogens is 1. The van der Waals surface area contributed by atoms with Gasteiger partial charge in [-0.1, -0.05) is 34.6 Å². The molecule has 2 aliphatic rings. The van der Waals surface area contributed by atoms with Crippen LogP contribution in [0.3, 0.4) is 0 Å². The molecule has 1 aliphatic carbocycles. The zero-order valence-corrected chi connectivity index (χ0v) is 24.7. The summed E-state index contributed by atoms with van der Waals surface area (Å²) in [6, 6.07) is 3.99. The van der Waals surface area contributed by atoms with Crippen LogP contribution >= 0.6 is 0 Å². The quantitative estimate of drug-likeness (QED) is 0.474. The zero-order valence-electron chi connectivity index (χ0n) is 24.7. The van der Waals surface area contributed by atoms with Crippen LogP contribution in [0.5, 0.6) is 0 Å². The van der Waals surface area contributed by atoms with E-state index in [4.69, 9.17) is 14.5 Å². The van der Waals surface area contributed by atoms with Gasteiger partial charge in [-0.05, 0) is 62.8 Å². The number of carboxylic acids is 1. The van der Waals surface area contributed by atoms with Crippen molar-refractivity contribution in [1.82, 2.24) is 14.8 Å². The van der Waals surface area contributed by atoms with Gasteiger partial charge in [0.15, 0.2) is 11.3 Å². The Balaban J connectivity index is 1.56. The van der Waals surface area contributed by atoms with Crippen molar-refractivity contribution < 1.29 is 23.9 Å². The van der Waals surface area contributed by atoms with Gasteiger partial charge in [0.05, 0.1) is 5.54 Å². The summed E-state index contributed by atoms with van der Waals surface area (Å²) < 4.78 is 6.27. The number of nitrogens with zero attached hydrogens (tertiary/aromatic N) is 3. The number of carbonyl (C=O) groups excluding carboxylic acids is 2. The number of pyridine rings is 1. The minimum atomic E-state index is -0.900. The molecular weight excluding hydrogens is 494 g/mol. The summed E-state index contributed by atoms with van der Waals surface area (Å²) in [5.41, 5.74) is 3.18. The maximum atomic E-state index is 13.8. The molecule has 1 aliphatic heterocycles. The number of piperazine rings is 1. The van der Waals surface area contributed by atoms with Crippen molar-refractivity contribution in [3.05, 3.63) is 29.2 Å². The van der Waals surface area contributed by atoms with Gasteiger partial charge in [0.1, 0.15) is 5.52 Å². The Kier molecular flexibility index (Phi) is 7.89. The number of hydrogen-bond donors (Lipinski definition) is 1. The molecule has 2 aromatic rings. The number of furan rings is 1. The SMILES string of the molecule is CC1(C)CCC(c2cc(C(C)(C)C)c3oc(C(=O)N4CCN(C(=O)CCCC(=O)O)CC4(C)C)cc3n2)CC1. The lowest BCUT2D eigenvalue weighted by Gasteiger charge is -2.46. The highest BCUT2D eigenvalue weighted by Gasteiger charge is 2.40. The molecule has 2 fully saturated rings. The largest absolute Gasteiger partial charge is 0.481 e. The maximum absolute atomic E-state index is 13.8. The molecule has 0 spiro atoms. The Morgan fingerprint density at radius 3 is 2.31 bits per heavy atom. The highest BCUT2D eigenvalue weighted by molar-refractivity contribution is 5.96. The molecule has 8 nitrogen and oxygen atoms in total. The fraction of sp³-hybridized carbons (Fsp3) is 0.677. The Labute approximate surface area is 232 Å². The first-order chi connectivity index (χ1) is 18.1. The number of rotatable bonds is 6. The Morgan fingerprint density at radius 2 is 1.72 bits per heavy atom. The zero-order chi connectivity index (χ0) is 28.8. The summed E-state index contributed by atoms with van der Waals surface area (Å²) in [5, 5.41) is 8.86. The van der Waals surface area contributed by atoms with E-state index in [0.717, 1.165) is 29.6 Å². The van der Waals surface area contributed by atoms with Crippen molar-refractivity contribution >= 4 is 28.9 Å². The number of aliphatic carboxylic acids is 1. The van der Waals surface area contributed by atoms with Crippen LogP contribution in [0.2, 0.25) is 0 Å². The van der Waals surface area contributed by atoms with Crippen molar-refractivity contribution in [3.63, 3.8) is 0 Å². The average Bonchev–Trinajstić information content (AvgIpc) is 3.25. The van der Waals surface area contributed by atoms with E-state index in [-0.39, 0.29) is 35.8 Å². The molecule has 8 heteroatoms. The fourth-order valence-electron chi connectivity index (χ4n) is 6.04. The maximum Gasteiger partial charge on any atom is 0.303 e. The van der Waals surface area contributed by atoms with Crippen LogP contribution in [0.4, 0.5) is 0 Å². The number of amides is 2. The number of fused-ring (bicyclic) bond motifs is 1.